The molecule has 0 bridgehead atoms. The molecule has 1 amide bonds. The molecule has 23 heavy (non-hydrogen) atoms. The van der Waals surface area contributed by atoms with Crippen LogP contribution in [0, 0.1) is 11.8 Å². The lowest BCUT2D eigenvalue weighted by Gasteiger charge is -2.34. The summed E-state index contributed by atoms with van der Waals surface area (Å²) in [5.41, 5.74) is 0.831. The number of aliphatic carboxylic acids is 1. The summed E-state index contributed by atoms with van der Waals surface area (Å²) in [6.07, 6.45) is -0.474. The second kappa shape index (κ2) is 7.62. The smallest absolute Gasteiger partial charge is 0.410 e. The summed E-state index contributed by atoms with van der Waals surface area (Å²) in [7, 11) is 1.24. The molecule has 0 spiro atoms. The molecule has 2 rings (SSSR count). The van der Waals surface area contributed by atoms with Crippen LogP contribution in [-0.2, 0) is 25.7 Å². The van der Waals surface area contributed by atoms with Crippen LogP contribution in [0.1, 0.15) is 12.0 Å². The molecule has 0 aliphatic carbocycles. The third-order valence-electron chi connectivity index (χ3n) is 3.80. The highest BCUT2D eigenvalue weighted by molar-refractivity contribution is 5.78. The number of amides is 1. The molecule has 2 atom stereocenters. The summed E-state index contributed by atoms with van der Waals surface area (Å²) in [6, 6.07) is 9.16. The van der Waals surface area contributed by atoms with Crippen LogP contribution < -0.4 is 0 Å². The van der Waals surface area contributed by atoms with E-state index in [1.807, 2.05) is 30.3 Å². The summed E-state index contributed by atoms with van der Waals surface area (Å²) in [5, 5.41) is 9.19. The fourth-order valence-electron chi connectivity index (χ4n) is 2.58. The molecule has 7 heteroatoms. The zero-order chi connectivity index (χ0) is 16.8. The lowest BCUT2D eigenvalue weighted by molar-refractivity contribution is -0.151. The number of piperidine rings is 1. The van der Waals surface area contributed by atoms with E-state index >= 15 is 0 Å². The van der Waals surface area contributed by atoms with Gasteiger partial charge in [-0.2, -0.15) is 0 Å². The molecular weight excluding hydrogens is 302 g/mol. The number of benzene rings is 1. The van der Waals surface area contributed by atoms with Gasteiger partial charge in [0.05, 0.1) is 18.9 Å². The summed E-state index contributed by atoms with van der Waals surface area (Å²) < 4.78 is 9.86. The van der Waals surface area contributed by atoms with Crippen LogP contribution >= 0.6 is 0 Å². The van der Waals surface area contributed by atoms with E-state index in [2.05, 4.69) is 4.74 Å². The molecule has 0 saturated carbocycles. The van der Waals surface area contributed by atoms with E-state index in [4.69, 9.17) is 4.74 Å². The fourth-order valence-corrected chi connectivity index (χ4v) is 2.58. The van der Waals surface area contributed by atoms with Gasteiger partial charge in [0.15, 0.2) is 0 Å². The minimum Gasteiger partial charge on any atom is -0.481 e. The lowest BCUT2D eigenvalue weighted by atomic mass is 9.89. The number of rotatable bonds is 4. The molecule has 1 aromatic rings. The first-order chi connectivity index (χ1) is 11.0. The number of likely N-dealkylation sites (tertiary alicyclic amines) is 1. The summed E-state index contributed by atoms with van der Waals surface area (Å²) in [6.45, 7) is 0.220. The number of carbonyl (C=O) groups is 3. The van der Waals surface area contributed by atoms with Crippen LogP contribution in [-0.4, -0.2) is 48.2 Å². The Hall–Kier alpha value is -2.57. The van der Waals surface area contributed by atoms with Crippen molar-refractivity contribution in [3.05, 3.63) is 35.9 Å². The monoisotopic (exact) mass is 321 g/mol. The van der Waals surface area contributed by atoms with Gasteiger partial charge in [0.1, 0.15) is 6.61 Å². The maximum atomic E-state index is 12.2. The van der Waals surface area contributed by atoms with E-state index in [1.54, 1.807) is 0 Å². The number of nitrogens with zero attached hydrogens (tertiary/aromatic N) is 1. The second-order valence-corrected chi connectivity index (χ2v) is 5.44. The molecule has 1 heterocycles. The van der Waals surface area contributed by atoms with Crippen molar-refractivity contribution in [2.75, 3.05) is 20.2 Å². The molecule has 124 valence electrons. The van der Waals surface area contributed by atoms with Crippen LogP contribution in [0.5, 0.6) is 0 Å². The molecule has 1 fully saturated rings. The third kappa shape index (κ3) is 4.45. The van der Waals surface area contributed by atoms with E-state index in [-0.39, 0.29) is 26.1 Å². The highest BCUT2D eigenvalue weighted by Gasteiger charge is 2.38. The highest BCUT2D eigenvalue weighted by atomic mass is 16.6. The van der Waals surface area contributed by atoms with Crippen molar-refractivity contribution in [2.24, 2.45) is 11.8 Å². The molecule has 1 aliphatic heterocycles. The van der Waals surface area contributed by atoms with Gasteiger partial charge < -0.3 is 19.5 Å². The molecule has 1 aromatic carbocycles. The van der Waals surface area contributed by atoms with Gasteiger partial charge in [-0.05, 0) is 12.0 Å². The number of hydrogen-bond acceptors (Lipinski definition) is 5. The minimum atomic E-state index is -1.04. The minimum absolute atomic E-state index is 0.0243. The van der Waals surface area contributed by atoms with Crippen LogP contribution in [0.25, 0.3) is 0 Å². The molecule has 0 unspecified atom stereocenters. The Morgan fingerprint density at radius 3 is 2.43 bits per heavy atom. The van der Waals surface area contributed by atoms with Gasteiger partial charge in [-0.3, -0.25) is 9.59 Å². The van der Waals surface area contributed by atoms with Gasteiger partial charge in [0.25, 0.3) is 0 Å². The number of esters is 1. The number of hydrogen-bond donors (Lipinski definition) is 1. The highest BCUT2D eigenvalue weighted by Crippen LogP contribution is 2.24. The van der Waals surface area contributed by atoms with Gasteiger partial charge in [-0.1, -0.05) is 30.3 Å². The van der Waals surface area contributed by atoms with Crippen molar-refractivity contribution in [3.8, 4) is 0 Å². The summed E-state index contributed by atoms with van der Waals surface area (Å²) >= 11 is 0. The first kappa shape index (κ1) is 16.8. The first-order valence-electron chi connectivity index (χ1n) is 7.27. The number of methoxy groups -OCH3 is 1. The Morgan fingerprint density at radius 2 is 1.83 bits per heavy atom. The molecule has 1 aliphatic rings. The Balaban J connectivity index is 1.99. The average molecular weight is 321 g/mol. The van der Waals surface area contributed by atoms with Crippen molar-refractivity contribution in [1.29, 1.82) is 0 Å². The van der Waals surface area contributed by atoms with Crippen LogP contribution in [0.3, 0.4) is 0 Å². The zero-order valence-corrected chi connectivity index (χ0v) is 12.8. The van der Waals surface area contributed by atoms with Crippen molar-refractivity contribution in [1.82, 2.24) is 4.90 Å². The van der Waals surface area contributed by atoms with E-state index in [0.29, 0.717) is 0 Å². The quantitative estimate of drug-likeness (QED) is 0.845. The van der Waals surface area contributed by atoms with Crippen molar-refractivity contribution in [2.45, 2.75) is 13.0 Å². The topological polar surface area (TPSA) is 93.1 Å². The van der Waals surface area contributed by atoms with Gasteiger partial charge in [0.2, 0.25) is 0 Å². The molecule has 0 aromatic heterocycles. The van der Waals surface area contributed by atoms with E-state index in [1.165, 1.54) is 12.0 Å². The average Bonchev–Trinajstić information content (AvgIpc) is 2.59. The van der Waals surface area contributed by atoms with Gasteiger partial charge in [-0.25, -0.2) is 4.79 Å². The largest absolute Gasteiger partial charge is 0.481 e. The Bertz CT molecular complexity index is 573. The fraction of sp³-hybridized carbons (Fsp3) is 0.438. The van der Waals surface area contributed by atoms with Crippen LogP contribution in [0.4, 0.5) is 4.79 Å². The van der Waals surface area contributed by atoms with E-state index < -0.39 is 29.9 Å². The van der Waals surface area contributed by atoms with Crippen LogP contribution in [0.2, 0.25) is 0 Å². The Labute approximate surface area is 133 Å². The van der Waals surface area contributed by atoms with Crippen molar-refractivity contribution < 1.29 is 29.0 Å². The SMILES string of the molecule is COC(=O)[C@H]1C[C@@H](C(=O)O)CN(C(=O)OCc2ccccc2)C1. The molecule has 7 nitrogen and oxygen atoms in total. The van der Waals surface area contributed by atoms with Gasteiger partial charge >= 0.3 is 18.0 Å². The Kier molecular flexibility index (Phi) is 5.56. The normalized spacial score (nSPS) is 20.7. The first-order valence-corrected chi connectivity index (χ1v) is 7.27. The molecule has 1 saturated heterocycles. The molecular formula is C16H19NO6. The molecule has 1 N–H and O–H groups in total. The van der Waals surface area contributed by atoms with Crippen molar-refractivity contribution in [3.63, 3.8) is 0 Å². The predicted octanol–water partition coefficient (Wildman–Crippen LogP) is 1.52. The lowest BCUT2D eigenvalue weighted by Crippen LogP contribution is -2.48. The zero-order valence-electron chi connectivity index (χ0n) is 12.8. The standard InChI is InChI=1S/C16H19NO6/c1-22-15(20)13-7-12(14(18)19)8-17(9-13)16(21)23-10-11-5-3-2-4-6-11/h2-6,12-13H,7-10H2,1H3,(H,18,19)/t12-,13+/m1/s1. The maximum absolute atomic E-state index is 12.2. The maximum Gasteiger partial charge on any atom is 0.410 e. The Morgan fingerprint density at radius 1 is 1.17 bits per heavy atom. The number of carboxylic acid groups (broad SMARTS) is 1. The van der Waals surface area contributed by atoms with Crippen molar-refractivity contribution >= 4 is 18.0 Å². The predicted molar refractivity (Wildman–Crippen MR) is 79.4 cm³/mol. The second-order valence-electron chi connectivity index (χ2n) is 5.44. The van der Waals surface area contributed by atoms with Gasteiger partial charge in [0, 0.05) is 13.1 Å². The van der Waals surface area contributed by atoms with Crippen LogP contribution in [0.15, 0.2) is 30.3 Å². The number of ether oxygens (including phenoxy) is 2. The third-order valence-corrected chi connectivity index (χ3v) is 3.80. The summed E-state index contributed by atoms with van der Waals surface area (Å²) in [5.74, 6) is -3.02. The number of carbonyl (C=O) groups excluding carboxylic acids is 2. The van der Waals surface area contributed by atoms with Gasteiger partial charge in [-0.15, -0.1) is 0 Å². The van der Waals surface area contributed by atoms with E-state index in [9.17, 15) is 19.5 Å². The molecule has 0 radical (unpaired) electrons. The number of carboxylic acids is 1. The summed E-state index contributed by atoms with van der Waals surface area (Å²) in [4.78, 5) is 36.3. The van der Waals surface area contributed by atoms with E-state index in [0.717, 1.165) is 5.56 Å².